The number of halogens is 2. The standard InChI is InChI=1S/C16H17ClFNO/c1-3-20-15-7-5-4-6-12(15)16(19-2)11-8-9-13(17)14(18)10-11/h4-10,16,19H,3H2,1-2H3. The van der Waals surface area contributed by atoms with E-state index in [-0.39, 0.29) is 11.1 Å². The molecule has 0 fully saturated rings. The van der Waals surface area contributed by atoms with E-state index in [1.807, 2.05) is 44.3 Å². The first kappa shape index (κ1) is 14.8. The fourth-order valence-electron chi connectivity index (χ4n) is 2.20. The van der Waals surface area contributed by atoms with E-state index in [0.29, 0.717) is 6.61 Å². The SMILES string of the molecule is CCOc1ccccc1C(NC)c1ccc(Cl)c(F)c1. The topological polar surface area (TPSA) is 21.3 Å². The molecular weight excluding hydrogens is 277 g/mol. The van der Waals surface area contributed by atoms with Gasteiger partial charge in [-0.1, -0.05) is 35.9 Å². The molecule has 0 radical (unpaired) electrons. The zero-order chi connectivity index (χ0) is 14.5. The summed E-state index contributed by atoms with van der Waals surface area (Å²) < 4.78 is 19.3. The molecule has 2 nitrogen and oxygen atoms in total. The molecule has 20 heavy (non-hydrogen) atoms. The molecule has 0 aliphatic heterocycles. The Morgan fingerprint density at radius 3 is 2.65 bits per heavy atom. The highest BCUT2D eigenvalue weighted by Gasteiger charge is 2.17. The van der Waals surface area contributed by atoms with Gasteiger partial charge in [0.2, 0.25) is 0 Å². The smallest absolute Gasteiger partial charge is 0.142 e. The van der Waals surface area contributed by atoms with Crippen molar-refractivity contribution in [1.29, 1.82) is 0 Å². The van der Waals surface area contributed by atoms with Crippen molar-refractivity contribution in [2.45, 2.75) is 13.0 Å². The van der Waals surface area contributed by atoms with Crippen LogP contribution in [0.15, 0.2) is 42.5 Å². The van der Waals surface area contributed by atoms with Crippen molar-refractivity contribution in [3.8, 4) is 5.75 Å². The summed E-state index contributed by atoms with van der Waals surface area (Å²) >= 11 is 5.74. The predicted molar refractivity (Wildman–Crippen MR) is 79.9 cm³/mol. The second kappa shape index (κ2) is 6.73. The van der Waals surface area contributed by atoms with Crippen molar-refractivity contribution >= 4 is 11.6 Å². The lowest BCUT2D eigenvalue weighted by Crippen LogP contribution is -2.18. The molecule has 0 heterocycles. The fraction of sp³-hybridized carbons (Fsp3) is 0.250. The number of ether oxygens (including phenoxy) is 1. The number of benzene rings is 2. The summed E-state index contributed by atoms with van der Waals surface area (Å²) in [6, 6.07) is 12.4. The zero-order valence-electron chi connectivity index (χ0n) is 11.5. The molecule has 0 saturated heterocycles. The van der Waals surface area contributed by atoms with Crippen LogP contribution in [-0.2, 0) is 0 Å². The van der Waals surface area contributed by atoms with E-state index in [2.05, 4.69) is 5.32 Å². The van der Waals surface area contributed by atoms with Crippen molar-refractivity contribution < 1.29 is 9.13 Å². The molecule has 2 aromatic rings. The Hall–Kier alpha value is -1.58. The van der Waals surface area contributed by atoms with Crippen molar-refractivity contribution in [2.75, 3.05) is 13.7 Å². The molecule has 0 aromatic heterocycles. The lowest BCUT2D eigenvalue weighted by molar-refractivity contribution is 0.334. The van der Waals surface area contributed by atoms with Crippen LogP contribution in [0.4, 0.5) is 4.39 Å². The van der Waals surface area contributed by atoms with Gasteiger partial charge < -0.3 is 10.1 Å². The molecule has 0 bridgehead atoms. The van der Waals surface area contributed by atoms with Gasteiger partial charge in [-0.3, -0.25) is 0 Å². The van der Waals surface area contributed by atoms with E-state index < -0.39 is 5.82 Å². The first-order valence-electron chi connectivity index (χ1n) is 6.51. The van der Waals surface area contributed by atoms with Crippen LogP contribution in [0.3, 0.4) is 0 Å². The van der Waals surface area contributed by atoms with E-state index in [4.69, 9.17) is 16.3 Å². The zero-order valence-corrected chi connectivity index (χ0v) is 12.2. The molecular formula is C16H17ClFNO. The highest BCUT2D eigenvalue weighted by Crippen LogP contribution is 2.31. The Balaban J connectivity index is 2.44. The molecule has 0 aliphatic rings. The van der Waals surface area contributed by atoms with Gasteiger partial charge in [0, 0.05) is 5.56 Å². The van der Waals surface area contributed by atoms with Gasteiger partial charge in [-0.15, -0.1) is 0 Å². The number of rotatable bonds is 5. The third kappa shape index (κ3) is 3.11. The molecule has 106 valence electrons. The third-order valence-electron chi connectivity index (χ3n) is 3.10. The minimum atomic E-state index is -0.418. The van der Waals surface area contributed by atoms with Gasteiger partial charge in [0.1, 0.15) is 11.6 Å². The van der Waals surface area contributed by atoms with Crippen LogP contribution in [0.2, 0.25) is 5.02 Å². The van der Waals surface area contributed by atoms with Gasteiger partial charge in [0.25, 0.3) is 0 Å². The van der Waals surface area contributed by atoms with E-state index in [1.165, 1.54) is 6.07 Å². The first-order valence-corrected chi connectivity index (χ1v) is 6.89. The first-order chi connectivity index (χ1) is 9.67. The molecule has 1 atom stereocenters. The van der Waals surface area contributed by atoms with Gasteiger partial charge in [-0.05, 0) is 37.7 Å². The number of hydrogen-bond acceptors (Lipinski definition) is 2. The Morgan fingerprint density at radius 2 is 2.00 bits per heavy atom. The summed E-state index contributed by atoms with van der Waals surface area (Å²) in [5.74, 6) is 0.378. The Bertz CT molecular complexity index is 588. The predicted octanol–water partition coefficient (Wildman–Crippen LogP) is 4.19. The van der Waals surface area contributed by atoms with Crippen molar-refractivity contribution in [1.82, 2.24) is 5.32 Å². The molecule has 1 N–H and O–H groups in total. The number of hydrogen-bond donors (Lipinski definition) is 1. The highest BCUT2D eigenvalue weighted by molar-refractivity contribution is 6.30. The molecule has 0 aliphatic carbocycles. The van der Waals surface area contributed by atoms with Gasteiger partial charge in [0.05, 0.1) is 17.7 Å². The molecule has 2 aromatic carbocycles. The lowest BCUT2D eigenvalue weighted by atomic mass is 9.98. The van der Waals surface area contributed by atoms with Crippen molar-refractivity contribution in [3.63, 3.8) is 0 Å². The van der Waals surface area contributed by atoms with Gasteiger partial charge in [0.15, 0.2) is 0 Å². The molecule has 1 unspecified atom stereocenters. The average Bonchev–Trinajstić information content (AvgIpc) is 2.45. The van der Waals surface area contributed by atoms with Crippen molar-refractivity contribution in [3.05, 3.63) is 64.4 Å². The third-order valence-corrected chi connectivity index (χ3v) is 3.40. The van der Waals surface area contributed by atoms with Crippen LogP contribution in [0.5, 0.6) is 5.75 Å². The Morgan fingerprint density at radius 1 is 1.25 bits per heavy atom. The summed E-state index contributed by atoms with van der Waals surface area (Å²) in [7, 11) is 1.83. The maximum Gasteiger partial charge on any atom is 0.142 e. The van der Waals surface area contributed by atoms with Crippen LogP contribution >= 0.6 is 11.6 Å². The van der Waals surface area contributed by atoms with Gasteiger partial charge >= 0.3 is 0 Å². The second-order valence-corrected chi connectivity index (χ2v) is 4.77. The molecule has 4 heteroatoms. The largest absolute Gasteiger partial charge is 0.494 e. The molecule has 0 amide bonds. The van der Waals surface area contributed by atoms with Crippen LogP contribution in [0, 0.1) is 5.82 Å². The van der Waals surface area contributed by atoms with E-state index >= 15 is 0 Å². The van der Waals surface area contributed by atoms with Crippen LogP contribution in [-0.4, -0.2) is 13.7 Å². The summed E-state index contributed by atoms with van der Waals surface area (Å²) in [6.45, 7) is 2.52. The van der Waals surface area contributed by atoms with E-state index in [0.717, 1.165) is 16.9 Å². The van der Waals surface area contributed by atoms with Crippen LogP contribution in [0.25, 0.3) is 0 Å². The van der Waals surface area contributed by atoms with Gasteiger partial charge in [-0.2, -0.15) is 0 Å². The maximum absolute atomic E-state index is 13.6. The quantitative estimate of drug-likeness (QED) is 0.892. The lowest BCUT2D eigenvalue weighted by Gasteiger charge is -2.20. The maximum atomic E-state index is 13.6. The molecule has 0 spiro atoms. The Kier molecular flexibility index (Phi) is 4.99. The highest BCUT2D eigenvalue weighted by atomic mass is 35.5. The van der Waals surface area contributed by atoms with Crippen LogP contribution < -0.4 is 10.1 Å². The molecule has 2 rings (SSSR count). The normalized spacial score (nSPS) is 12.2. The fourth-order valence-corrected chi connectivity index (χ4v) is 2.32. The molecule has 0 saturated carbocycles. The summed E-state index contributed by atoms with van der Waals surface area (Å²) in [6.07, 6.45) is 0. The minimum Gasteiger partial charge on any atom is -0.494 e. The second-order valence-electron chi connectivity index (χ2n) is 4.37. The number of para-hydroxylation sites is 1. The van der Waals surface area contributed by atoms with Gasteiger partial charge in [-0.25, -0.2) is 4.39 Å². The number of nitrogens with one attached hydrogen (secondary N) is 1. The Labute approximate surface area is 123 Å². The summed E-state index contributed by atoms with van der Waals surface area (Å²) in [5, 5.41) is 3.32. The van der Waals surface area contributed by atoms with E-state index in [1.54, 1.807) is 6.07 Å². The van der Waals surface area contributed by atoms with Crippen molar-refractivity contribution in [2.24, 2.45) is 0 Å². The summed E-state index contributed by atoms with van der Waals surface area (Å²) in [5.41, 5.74) is 1.78. The average molecular weight is 294 g/mol. The minimum absolute atomic E-state index is 0.127. The van der Waals surface area contributed by atoms with E-state index in [9.17, 15) is 4.39 Å². The monoisotopic (exact) mass is 293 g/mol. The summed E-state index contributed by atoms with van der Waals surface area (Å²) in [4.78, 5) is 0. The van der Waals surface area contributed by atoms with Crippen LogP contribution in [0.1, 0.15) is 24.1 Å².